The quantitative estimate of drug-likeness (QED) is 0.435. The average molecular weight is 474 g/mol. The Labute approximate surface area is 187 Å². The number of piperazine rings is 1. The number of hydrogen-bond acceptors (Lipinski definition) is 3. The third-order valence-electron chi connectivity index (χ3n) is 4.84. The van der Waals surface area contributed by atoms with Crippen molar-refractivity contribution in [1.29, 1.82) is 0 Å². The fraction of sp³-hybridized carbons (Fsp3) is 0.250. The van der Waals surface area contributed by atoms with Gasteiger partial charge in [-0.15, -0.1) is 11.3 Å². The van der Waals surface area contributed by atoms with Gasteiger partial charge < -0.3 is 4.90 Å². The number of halogens is 4. The van der Waals surface area contributed by atoms with Gasteiger partial charge in [-0.2, -0.15) is 0 Å². The molecule has 1 amide bonds. The molecule has 8 heteroatoms. The number of thiophene rings is 1. The number of hydrogen-bond donors (Lipinski definition) is 0. The van der Waals surface area contributed by atoms with Crippen LogP contribution in [0.5, 0.6) is 0 Å². The van der Waals surface area contributed by atoms with Gasteiger partial charge in [-0.05, 0) is 29.8 Å². The number of amides is 1. The summed E-state index contributed by atoms with van der Waals surface area (Å²) in [6.07, 6.45) is 0. The highest BCUT2D eigenvalue weighted by atomic mass is 35.5. The van der Waals surface area contributed by atoms with Crippen molar-refractivity contribution >= 4 is 73.7 Å². The fourth-order valence-corrected chi connectivity index (χ4v) is 5.40. The molecule has 1 fully saturated rings. The van der Waals surface area contributed by atoms with E-state index in [1.165, 1.54) is 11.3 Å². The van der Waals surface area contributed by atoms with E-state index in [1.54, 1.807) is 6.07 Å². The second kappa shape index (κ2) is 8.39. The van der Waals surface area contributed by atoms with Gasteiger partial charge in [0.05, 0.1) is 15.1 Å². The molecule has 1 aliphatic heterocycles. The van der Waals surface area contributed by atoms with Crippen LogP contribution in [-0.2, 0) is 6.54 Å². The molecule has 4 rings (SSSR count). The van der Waals surface area contributed by atoms with Crippen molar-refractivity contribution in [1.82, 2.24) is 9.80 Å². The minimum Gasteiger partial charge on any atom is -0.335 e. The summed E-state index contributed by atoms with van der Waals surface area (Å²) in [6.45, 7) is 3.68. The maximum atomic E-state index is 13.0. The van der Waals surface area contributed by atoms with Gasteiger partial charge in [0.1, 0.15) is 4.88 Å². The zero-order valence-electron chi connectivity index (χ0n) is 14.7. The number of fused-ring (bicyclic) bond motifs is 1. The van der Waals surface area contributed by atoms with Crippen molar-refractivity contribution in [3.63, 3.8) is 0 Å². The van der Waals surface area contributed by atoms with E-state index in [-0.39, 0.29) is 5.91 Å². The maximum Gasteiger partial charge on any atom is 0.265 e. The minimum absolute atomic E-state index is 0.0171. The molecule has 1 saturated heterocycles. The second-order valence-corrected chi connectivity index (χ2v) is 9.38. The lowest BCUT2D eigenvalue weighted by Crippen LogP contribution is -2.48. The predicted octanol–water partition coefficient (Wildman–Crippen LogP) is 6.47. The molecule has 0 spiro atoms. The van der Waals surface area contributed by atoms with Crippen LogP contribution in [-0.4, -0.2) is 41.9 Å². The zero-order chi connectivity index (χ0) is 19.8. The first kappa shape index (κ1) is 20.3. The number of nitrogens with zero attached hydrogens (tertiary/aromatic N) is 2. The van der Waals surface area contributed by atoms with Gasteiger partial charge in [-0.3, -0.25) is 9.69 Å². The Morgan fingerprint density at radius 2 is 1.68 bits per heavy atom. The summed E-state index contributed by atoms with van der Waals surface area (Å²) in [7, 11) is 0. The Bertz CT molecular complexity index is 1040. The molecule has 1 aliphatic rings. The third-order valence-corrected chi connectivity index (χ3v) is 7.45. The van der Waals surface area contributed by atoms with E-state index in [0.717, 1.165) is 35.3 Å². The highest BCUT2D eigenvalue weighted by molar-refractivity contribution is 7.21. The molecule has 28 heavy (non-hydrogen) atoms. The topological polar surface area (TPSA) is 23.6 Å². The van der Waals surface area contributed by atoms with Crippen LogP contribution in [0.3, 0.4) is 0 Å². The molecule has 0 N–H and O–H groups in total. The Morgan fingerprint density at radius 3 is 2.39 bits per heavy atom. The van der Waals surface area contributed by atoms with Gasteiger partial charge in [-0.25, -0.2) is 0 Å². The van der Waals surface area contributed by atoms with Crippen molar-refractivity contribution in [3.8, 4) is 0 Å². The number of carbonyl (C=O) groups excluding carboxylic acids is 1. The average Bonchev–Trinajstić information content (AvgIpc) is 3.00. The van der Waals surface area contributed by atoms with E-state index < -0.39 is 0 Å². The van der Waals surface area contributed by atoms with Gasteiger partial charge in [-0.1, -0.05) is 58.5 Å². The van der Waals surface area contributed by atoms with Crippen molar-refractivity contribution in [2.24, 2.45) is 0 Å². The van der Waals surface area contributed by atoms with Gasteiger partial charge in [0.2, 0.25) is 0 Å². The lowest BCUT2D eigenvalue weighted by Gasteiger charge is -2.34. The van der Waals surface area contributed by atoms with Crippen molar-refractivity contribution < 1.29 is 4.79 Å². The lowest BCUT2D eigenvalue weighted by atomic mass is 10.2. The van der Waals surface area contributed by atoms with E-state index in [2.05, 4.69) is 4.90 Å². The molecular formula is C20H16Cl4N2OS. The minimum atomic E-state index is -0.0171. The summed E-state index contributed by atoms with van der Waals surface area (Å²) >= 11 is 26.0. The summed E-state index contributed by atoms with van der Waals surface area (Å²) in [5.41, 5.74) is 1.11. The number of benzene rings is 2. The van der Waals surface area contributed by atoms with Crippen LogP contribution >= 0.6 is 57.7 Å². The standard InChI is InChI=1S/C20H16Cl4N2OS/c21-13-2-3-14-17(10-13)28-19(18(14)24)20(27)26-7-5-25(6-8-26)11-12-1-4-15(22)16(23)9-12/h1-4,9-10H,5-8,11H2. The van der Waals surface area contributed by atoms with E-state index >= 15 is 0 Å². The van der Waals surface area contributed by atoms with Crippen molar-refractivity contribution in [3.05, 3.63) is 66.9 Å². The van der Waals surface area contributed by atoms with E-state index in [9.17, 15) is 4.79 Å². The van der Waals surface area contributed by atoms with Gasteiger partial charge in [0.25, 0.3) is 5.91 Å². The largest absolute Gasteiger partial charge is 0.335 e. The maximum absolute atomic E-state index is 13.0. The van der Waals surface area contributed by atoms with Crippen LogP contribution in [0.25, 0.3) is 10.1 Å². The normalized spacial score (nSPS) is 15.4. The molecule has 0 bridgehead atoms. The van der Waals surface area contributed by atoms with Gasteiger partial charge in [0.15, 0.2) is 0 Å². The van der Waals surface area contributed by atoms with E-state index in [0.29, 0.717) is 38.1 Å². The summed E-state index contributed by atoms with van der Waals surface area (Å²) < 4.78 is 0.930. The SMILES string of the molecule is O=C(c1sc2cc(Cl)ccc2c1Cl)N1CCN(Cc2ccc(Cl)c(Cl)c2)CC1. The molecule has 1 aromatic heterocycles. The van der Waals surface area contributed by atoms with Crippen LogP contribution in [0.1, 0.15) is 15.2 Å². The van der Waals surface area contributed by atoms with Crippen LogP contribution in [0.2, 0.25) is 20.1 Å². The van der Waals surface area contributed by atoms with Gasteiger partial charge in [0, 0.05) is 47.8 Å². The molecule has 0 atom stereocenters. The fourth-order valence-electron chi connectivity index (χ4n) is 3.33. The highest BCUT2D eigenvalue weighted by Gasteiger charge is 2.26. The van der Waals surface area contributed by atoms with Crippen LogP contribution in [0.4, 0.5) is 0 Å². The monoisotopic (exact) mass is 472 g/mol. The third kappa shape index (κ3) is 4.13. The first-order valence-electron chi connectivity index (χ1n) is 8.75. The second-order valence-electron chi connectivity index (χ2n) is 6.70. The number of carbonyl (C=O) groups is 1. The zero-order valence-corrected chi connectivity index (χ0v) is 18.6. The molecule has 3 nitrogen and oxygen atoms in total. The Hall–Kier alpha value is -1.01. The van der Waals surface area contributed by atoms with Crippen LogP contribution in [0.15, 0.2) is 36.4 Å². The van der Waals surface area contributed by atoms with Crippen molar-refractivity contribution in [2.45, 2.75) is 6.54 Å². The summed E-state index contributed by atoms with van der Waals surface area (Å²) in [5.74, 6) is -0.0171. The predicted molar refractivity (Wildman–Crippen MR) is 119 cm³/mol. The molecule has 0 aliphatic carbocycles. The van der Waals surface area contributed by atoms with Crippen LogP contribution in [0, 0.1) is 0 Å². The summed E-state index contributed by atoms with van der Waals surface area (Å²) in [4.78, 5) is 17.7. The Morgan fingerprint density at radius 1 is 0.929 bits per heavy atom. The molecule has 0 saturated carbocycles. The number of rotatable bonds is 3. The summed E-state index contributed by atoms with van der Waals surface area (Å²) in [6, 6.07) is 11.2. The molecule has 0 radical (unpaired) electrons. The molecule has 3 aromatic rings. The smallest absolute Gasteiger partial charge is 0.265 e. The molecular weight excluding hydrogens is 458 g/mol. The lowest BCUT2D eigenvalue weighted by molar-refractivity contribution is 0.0633. The highest BCUT2D eigenvalue weighted by Crippen LogP contribution is 2.37. The first-order chi connectivity index (χ1) is 13.4. The van der Waals surface area contributed by atoms with Crippen LogP contribution < -0.4 is 0 Å². The molecule has 2 heterocycles. The summed E-state index contributed by atoms with van der Waals surface area (Å²) in [5, 5.41) is 3.15. The van der Waals surface area contributed by atoms with E-state index in [1.807, 2.05) is 35.2 Å². The molecule has 146 valence electrons. The molecule has 2 aromatic carbocycles. The van der Waals surface area contributed by atoms with E-state index in [4.69, 9.17) is 46.4 Å². The first-order valence-corrected chi connectivity index (χ1v) is 11.1. The Kier molecular flexibility index (Phi) is 6.07. The Balaban J connectivity index is 1.42. The van der Waals surface area contributed by atoms with Gasteiger partial charge >= 0.3 is 0 Å². The molecule has 0 unspecified atom stereocenters. The van der Waals surface area contributed by atoms with Crippen molar-refractivity contribution in [2.75, 3.05) is 26.2 Å².